The highest BCUT2D eigenvalue weighted by atomic mass is 16.5. The summed E-state index contributed by atoms with van der Waals surface area (Å²) >= 11 is 0. The van der Waals surface area contributed by atoms with Crippen LogP contribution in [-0.4, -0.2) is 48.2 Å². The van der Waals surface area contributed by atoms with Crippen LogP contribution in [0.1, 0.15) is 16.8 Å². The topological polar surface area (TPSA) is 47.4 Å². The van der Waals surface area contributed by atoms with Crippen molar-refractivity contribution in [2.75, 3.05) is 27.7 Å². The van der Waals surface area contributed by atoms with Crippen molar-refractivity contribution in [1.82, 2.24) is 14.5 Å². The first kappa shape index (κ1) is 20.8. The van der Waals surface area contributed by atoms with E-state index in [1.165, 1.54) is 7.11 Å². The predicted octanol–water partition coefficient (Wildman–Crippen LogP) is 5.11. The third kappa shape index (κ3) is 4.37. The van der Waals surface area contributed by atoms with Gasteiger partial charge in [0.05, 0.1) is 12.7 Å². The van der Waals surface area contributed by atoms with Crippen LogP contribution in [0, 0.1) is 0 Å². The molecule has 0 aliphatic carbocycles. The summed E-state index contributed by atoms with van der Waals surface area (Å²) in [4.78, 5) is 19.2. The zero-order valence-electron chi connectivity index (χ0n) is 18.2. The van der Waals surface area contributed by atoms with Crippen LogP contribution in [0.15, 0.2) is 73.2 Å². The molecule has 5 heteroatoms. The molecule has 0 unspecified atom stereocenters. The van der Waals surface area contributed by atoms with Gasteiger partial charge in [-0.1, -0.05) is 36.4 Å². The first-order chi connectivity index (χ1) is 15.1. The third-order valence-electron chi connectivity index (χ3n) is 5.47. The molecule has 4 aromatic rings. The molecule has 0 saturated carbocycles. The highest BCUT2D eigenvalue weighted by Crippen LogP contribution is 2.35. The SMILES string of the molecule is COC(=O)c1cccc2c1c(-c1cncc(-c3ccccc3)c1)cn2CCCN(C)C. The Labute approximate surface area is 182 Å². The Morgan fingerprint density at radius 1 is 1.00 bits per heavy atom. The number of rotatable bonds is 7. The first-order valence-corrected chi connectivity index (χ1v) is 10.4. The maximum absolute atomic E-state index is 12.6. The van der Waals surface area contributed by atoms with Gasteiger partial charge in [-0.15, -0.1) is 0 Å². The molecule has 2 aromatic carbocycles. The Kier molecular flexibility index (Phi) is 6.14. The monoisotopic (exact) mass is 413 g/mol. The normalized spacial score (nSPS) is 11.2. The number of carbonyl (C=O) groups is 1. The smallest absolute Gasteiger partial charge is 0.338 e. The average molecular weight is 414 g/mol. The summed E-state index contributed by atoms with van der Waals surface area (Å²) < 4.78 is 7.31. The molecule has 0 saturated heterocycles. The zero-order chi connectivity index (χ0) is 21.8. The lowest BCUT2D eigenvalue weighted by Crippen LogP contribution is -2.14. The summed E-state index contributed by atoms with van der Waals surface area (Å²) in [6.45, 7) is 1.86. The van der Waals surface area contributed by atoms with Gasteiger partial charge < -0.3 is 14.2 Å². The molecular weight excluding hydrogens is 386 g/mol. The zero-order valence-corrected chi connectivity index (χ0v) is 18.2. The van der Waals surface area contributed by atoms with Crippen molar-refractivity contribution in [3.05, 3.63) is 78.8 Å². The van der Waals surface area contributed by atoms with Gasteiger partial charge in [-0.3, -0.25) is 4.98 Å². The summed E-state index contributed by atoms with van der Waals surface area (Å²) in [6.07, 6.45) is 6.88. The van der Waals surface area contributed by atoms with Crippen molar-refractivity contribution in [2.45, 2.75) is 13.0 Å². The molecule has 0 fully saturated rings. The molecule has 0 spiro atoms. The molecule has 4 rings (SSSR count). The minimum absolute atomic E-state index is 0.329. The van der Waals surface area contributed by atoms with Gasteiger partial charge in [0.2, 0.25) is 0 Å². The third-order valence-corrected chi connectivity index (χ3v) is 5.47. The Hall–Kier alpha value is -3.44. The molecule has 0 aliphatic rings. The molecule has 31 heavy (non-hydrogen) atoms. The number of hydrogen-bond donors (Lipinski definition) is 0. The molecule has 0 bridgehead atoms. The maximum atomic E-state index is 12.6. The van der Waals surface area contributed by atoms with E-state index < -0.39 is 0 Å². The van der Waals surface area contributed by atoms with Crippen LogP contribution in [0.4, 0.5) is 0 Å². The van der Waals surface area contributed by atoms with E-state index in [0.29, 0.717) is 5.56 Å². The summed E-state index contributed by atoms with van der Waals surface area (Å²) in [7, 11) is 5.58. The number of carbonyl (C=O) groups excluding carboxylic acids is 1. The Bertz CT molecular complexity index is 1200. The quantitative estimate of drug-likeness (QED) is 0.395. The van der Waals surface area contributed by atoms with Crippen molar-refractivity contribution < 1.29 is 9.53 Å². The van der Waals surface area contributed by atoms with Gasteiger partial charge in [-0.2, -0.15) is 0 Å². The van der Waals surface area contributed by atoms with Crippen molar-refractivity contribution >= 4 is 16.9 Å². The number of hydrogen-bond acceptors (Lipinski definition) is 4. The fourth-order valence-corrected chi connectivity index (χ4v) is 3.97. The highest BCUT2D eigenvalue weighted by molar-refractivity contribution is 6.10. The Balaban J connectivity index is 1.86. The van der Waals surface area contributed by atoms with E-state index in [0.717, 1.165) is 52.7 Å². The van der Waals surface area contributed by atoms with Crippen LogP contribution in [0.5, 0.6) is 0 Å². The number of nitrogens with zero attached hydrogens (tertiary/aromatic N) is 3. The predicted molar refractivity (Wildman–Crippen MR) is 125 cm³/mol. The fourth-order valence-electron chi connectivity index (χ4n) is 3.97. The van der Waals surface area contributed by atoms with Crippen molar-refractivity contribution in [3.8, 4) is 22.3 Å². The maximum Gasteiger partial charge on any atom is 0.338 e. The van der Waals surface area contributed by atoms with Crippen LogP contribution in [0.2, 0.25) is 0 Å². The summed E-state index contributed by atoms with van der Waals surface area (Å²) in [6, 6.07) is 18.1. The Morgan fingerprint density at radius 3 is 2.52 bits per heavy atom. The van der Waals surface area contributed by atoms with Crippen LogP contribution in [0.25, 0.3) is 33.2 Å². The minimum atomic E-state index is -0.329. The molecule has 158 valence electrons. The highest BCUT2D eigenvalue weighted by Gasteiger charge is 2.19. The van der Waals surface area contributed by atoms with E-state index in [9.17, 15) is 4.79 Å². The number of aryl methyl sites for hydroxylation is 1. The van der Waals surface area contributed by atoms with E-state index in [-0.39, 0.29) is 5.97 Å². The molecule has 2 aromatic heterocycles. The van der Waals surface area contributed by atoms with Gasteiger partial charge in [-0.25, -0.2) is 4.79 Å². The first-order valence-electron chi connectivity index (χ1n) is 10.4. The number of pyridine rings is 1. The molecule has 0 atom stereocenters. The fraction of sp³-hybridized carbons (Fsp3) is 0.231. The molecular formula is C26H27N3O2. The summed E-state index contributed by atoms with van der Waals surface area (Å²) in [5.74, 6) is -0.329. The van der Waals surface area contributed by atoms with Gasteiger partial charge in [0.25, 0.3) is 0 Å². The van der Waals surface area contributed by atoms with Crippen LogP contribution >= 0.6 is 0 Å². The van der Waals surface area contributed by atoms with E-state index >= 15 is 0 Å². The number of esters is 1. The van der Waals surface area contributed by atoms with Crippen LogP contribution in [0.3, 0.4) is 0 Å². The van der Waals surface area contributed by atoms with E-state index in [1.54, 1.807) is 0 Å². The number of methoxy groups -OCH3 is 1. The van der Waals surface area contributed by atoms with E-state index in [4.69, 9.17) is 4.74 Å². The lowest BCUT2D eigenvalue weighted by atomic mass is 9.99. The summed E-state index contributed by atoms with van der Waals surface area (Å²) in [5.41, 5.74) is 5.73. The lowest BCUT2D eigenvalue weighted by molar-refractivity contribution is 0.0603. The van der Waals surface area contributed by atoms with Gasteiger partial charge in [0.1, 0.15) is 0 Å². The summed E-state index contributed by atoms with van der Waals surface area (Å²) in [5, 5.41) is 0.909. The molecule has 0 radical (unpaired) electrons. The number of benzene rings is 2. The van der Waals surface area contributed by atoms with Gasteiger partial charge in [0, 0.05) is 52.7 Å². The Morgan fingerprint density at radius 2 is 1.77 bits per heavy atom. The van der Waals surface area contributed by atoms with Crippen LogP contribution in [-0.2, 0) is 11.3 Å². The second-order valence-electron chi connectivity index (χ2n) is 7.91. The minimum Gasteiger partial charge on any atom is -0.465 e. The van der Waals surface area contributed by atoms with E-state index in [1.807, 2.05) is 42.7 Å². The lowest BCUT2D eigenvalue weighted by Gasteiger charge is -2.10. The second kappa shape index (κ2) is 9.14. The molecule has 0 amide bonds. The number of fused-ring (bicyclic) bond motifs is 1. The van der Waals surface area contributed by atoms with Crippen LogP contribution < -0.4 is 0 Å². The van der Waals surface area contributed by atoms with Gasteiger partial charge in [0.15, 0.2) is 0 Å². The molecule has 5 nitrogen and oxygen atoms in total. The van der Waals surface area contributed by atoms with Gasteiger partial charge in [-0.05, 0) is 50.8 Å². The van der Waals surface area contributed by atoms with Crippen molar-refractivity contribution in [2.24, 2.45) is 0 Å². The second-order valence-corrected chi connectivity index (χ2v) is 7.91. The molecule has 0 N–H and O–H groups in total. The molecule has 2 heterocycles. The van der Waals surface area contributed by atoms with E-state index in [2.05, 4.69) is 59.0 Å². The molecule has 0 aliphatic heterocycles. The van der Waals surface area contributed by atoms with Crippen molar-refractivity contribution in [1.29, 1.82) is 0 Å². The average Bonchev–Trinajstić information content (AvgIpc) is 3.18. The number of aromatic nitrogens is 2. The number of ether oxygens (including phenoxy) is 1. The standard InChI is InChI=1S/C26H27N3O2/c1-28(2)13-8-14-29-18-23(25-22(26(30)31-3)11-7-12-24(25)29)21-15-20(16-27-17-21)19-9-5-4-6-10-19/h4-7,9-12,15-18H,8,13-14H2,1-3H3. The van der Waals surface area contributed by atoms with Crippen molar-refractivity contribution in [3.63, 3.8) is 0 Å². The van der Waals surface area contributed by atoms with Gasteiger partial charge >= 0.3 is 5.97 Å². The largest absolute Gasteiger partial charge is 0.465 e.